The monoisotopic (exact) mass is 282 g/mol. The molecule has 2 aromatic rings. The Hall–Kier alpha value is -2.13. The summed E-state index contributed by atoms with van der Waals surface area (Å²) in [6.45, 7) is 2.60. The molecule has 21 heavy (non-hydrogen) atoms. The molecule has 2 rings (SSSR count). The molecular formula is C18H22N2O. The lowest BCUT2D eigenvalue weighted by Gasteiger charge is -2.25. The number of likely N-dealkylation sites (N-methyl/N-ethyl adjacent to an activating group) is 1. The van der Waals surface area contributed by atoms with E-state index in [9.17, 15) is 4.79 Å². The molecule has 0 saturated heterocycles. The Kier molecular flexibility index (Phi) is 5.12. The van der Waals surface area contributed by atoms with Crippen molar-refractivity contribution in [1.29, 1.82) is 0 Å². The molecule has 2 aromatic carbocycles. The molecular weight excluding hydrogens is 260 g/mol. The van der Waals surface area contributed by atoms with Gasteiger partial charge in [0.25, 0.3) is 5.91 Å². The van der Waals surface area contributed by atoms with Crippen LogP contribution in [0.5, 0.6) is 0 Å². The van der Waals surface area contributed by atoms with Crippen LogP contribution in [0.15, 0.2) is 54.6 Å². The molecule has 0 saturated carbocycles. The van der Waals surface area contributed by atoms with E-state index in [4.69, 9.17) is 0 Å². The quantitative estimate of drug-likeness (QED) is 0.914. The molecule has 1 atom stereocenters. The summed E-state index contributed by atoms with van der Waals surface area (Å²) in [6.07, 6.45) is 0. The van der Waals surface area contributed by atoms with Gasteiger partial charge in [-0.2, -0.15) is 0 Å². The molecule has 1 amide bonds. The zero-order valence-corrected chi connectivity index (χ0v) is 12.8. The third-order valence-corrected chi connectivity index (χ3v) is 3.58. The van der Waals surface area contributed by atoms with Gasteiger partial charge in [-0.25, -0.2) is 0 Å². The highest BCUT2D eigenvalue weighted by Crippen LogP contribution is 2.16. The summed E-state index contributed by atoms with van der Waals surface area (Å²) in [5.74, 6) is -0.0298. The topological polar surface area (TPSA) is 32.3 Å². The van der Waals surface area contributed by atoms with Crippen LogP contribution in [0.25, 0.3) is 0 Å². The van der Waals surface area contributed by atoms with E-state index in [0.717, 1.165) is 5.56 Å². The number of rotatable bonds is 5. The summed E-state index contributed by atoms with van der Waals surface area (Å²) >= 11 is 0. The molecule has 0 aliphatic rings. The van der Waals surface area contributed by atoms with Crippen molar-refractivity contribution in [3.8, 4) is 0 Å². The van der Waals surface area contributed by atoms with Crippen LogP contribution in [0.4, 0.5) is 0 Å². The molecule has 110 valence electrons. The highest BCUT2D eigenvalue weighted by molar-refractivity contribution is 5.94. The number of benzene rings is 2. The maximum atomic E-state index is 12.2. The fourth-order valence-corrected chi connectivity index (χ4v) is 2.27. The van der Waals surface area contributed by atoms with E-state index >= 15 is 0 Å². The van der Waals surface area contributed by atoms with Gasteiger partial charge in [-0.15, -0.1) is 0 Å². The number of hydrogen-bond donors (Lipinski definition) is 1. The lowest BCUT2D eigenvalue weighted by molar-refractivity contribution is 0.0942. The van der Waals surface area contributed by atoms with Crippen molar-refractivity contribution in [1.82, 2.24) is 10.2 Å². The van der Waals surface area contributed by atoms with Crippen LogP contribution in [0.2, 0.25) is 0 Å². The molecule has 3 heteroatoms. The van der Waals surface area contributed by atoms with Crippen LogP contribution in [0.1, 0.15) is 27.5 Å². The van der Waals surface area contributed by atoms with Crippen molar-refractivity contribution >= 4 is 5.91 Å². The number of nitrogens with one attached hydrogen (secondary N) is 1. The Morgan fingerprint density at radius 3 is 2.24 bits per heavy atom. The van der Waals surface area contributed by atoms with Gasteiger partial charge in [0.2, 0.25) is 0 Å². The van der Waals surface area contributed by atoms with Crippen molar-refractivity contribution in [3.05, 3.63) is 71.3 Å². The smallest absolute Gasteiger partial charge is 0.251 e. The highest BCUT2D eigenvalue weighted by atomic mass is 16.1. The number of hydrogen-bond acceptors (Lipinski definition) is 2. The molecule has 0 radical (unpaired) electrons. The number of aryl methyl sites for hydroxylation is 1. The van der Waals surface area contributed by atoms with Gasteiger partial charge < -0.3 is 10.2 Å². The second-order valence-electron chi connectivity index (χ2n) is 5.47. The van der Waals surface area contributed by atoms with Gasteiger partial charge in [-0.3, -0.25) is 4.79 Å². The Bertz CT molecular complexity index is 576. The minimum atomic E-state index is -0.0298. The Labute approximate surface area is 126 Å². The van der Waals surface area contributed by atoms with Crippen molar-refractivity contribution in [2.45, 2.75) is 13.0 Å². The summed E-state index contributed by atoms with van der Waals surface area (Å²) in [5, 5.41) is 3.02. The molecule has 0 fully saturated rings. The molecule has 0 aliphatic heterocycles. The van der Waals surface area contributed by atoms with Crippen molar-refractivity contribution in [2.24, 2.45) is 0 Å². The van der Waals surface area contributed by atoms with Crippen molar-refractivity contribution in [3.63, 3.8) is 0 Å². The molecule has 0 bridgehead atoms. The van der Waals surface area contributed by atoms with E-state index in [2.05, 4.69) is 22.3 Å². The fourth-order valence-electron chi connectivity index (χ4n) is 2.27. The van der Waals surface area contributed by atoms with E-state index in [1.807, 2.05) is 63.5 Å². The largest absolute Gasteiger partial charge is 0.350 e. The SMILES string of the molecule is Cc1ccc(C(=O)NC[C@H](c2ccccc2)N(C)C)cc1. The van der Waals surface area contributed by atoms with Crippen LogP contribution in [-0.2, 0) is 0 Å². The maximum absolute atomic E-state index is 12.2. The minimum Gasteiger partial charge on any atom is -0.350 e. The van der Waals surface area contributed by atoms with E-state index in [0.29, 0.717) is 12.1 Å². The predicted octanol–water partition coefficient (Wildman–Crippen LogP) is 3.03. The van der Waals surface area contributed by atoms with E-state index in [-0.39, 0.29) is 11.9 Å². The van der Waals surface area contributed by atoms with E-state index < -0.39 is 0 Å². The fraction of sp³-hybridized carbons (Fsp3) is 0.278. The minimum absolute atomic E-state index is 0.0298. The van der Waals surface area contributed by atoms with Gasteiger partial charge in [0.05, 0.1) is 6.04 Å². The Morgan fingerprint density at radius 2 is 1.67 bits per heavy atom. The maximum Gasteiger partial charge on any atom is 0.251 e. The molecule has 3 nitrogen and oxygen atoms in total. The van der Waals surface area contributed by atoms with Gasteiger partial charge >= 0.3 is 0 Å². The van der Waals surface area contributed by atoms with Crippen LogP contribution < -0.4 is 5.32 Å². The van der Waals surface area contributed by atoms with E-state index in [1.165, 1.54) is 5.56 Å². The molecule has 0 aromatic heterocycles. The lowest BCUT2D eigenvalue weighted by atomic mass is 10.1. The van der Waals surface area contributed by atoms with Gasteiger partial charge in [0.15, 0.2) is 0 Å². The summed E-state index contributed by atoms with van der Waals surface area (Å²) < 4.78 is 0. The number of amides is 1. The molecule has 0 spiro atoms. The second kappa shape index (κ2) is 7.04. The Balaban J connectivity index is 2.02. The Morgan fingerprint density at radius 1 is 1.05 bits per heavy atom. The van der Waals surface area contributed by atoms with Gasteiger partial charge in [-0.05, 0) is 38.7 Å². The molecule has 0 aliphatic carbocycles. The highest BCUT2D eigenvalue weighted by Gasteiger charge is 2.15. The van der Waals surface area contributed by atoms with Gasteiger partial charge in [-0.1, -0.05) is 48.0 Å². The molecule has 0 unspecified atom stereocenters. The predicted molar refractivity (Wildman–Crippen MR) is 86.4 cm³/mol. The van der Waals surface area contributed by atoms with Crippen LogP contribution >= 0.6 is 0 Å². The first-order valence-corrected chi connectivity index (χ1v) is 7.14. The van der Waals surface area contributed by atoms with Crippen LogP contribution in [0, 0.1) is 6.92 Å². The van der Waals surface area contributed by atoms with Crippen molar-refractivity contribution < 1.29 is 4.79 Å². The number of nitrogens with zero attached hydrogens (tertiary/aromatic N) is 1. The summed E-state index contributed by atoms with van der Waals surface area (Å²) in [6, 6.07) is 18.0. The standard InChI is InChI=1S/C18H22N2O/c1-14-9-11-16(12-10-14)18(21)19-13-17(20(2)3)15-7-5-4-6-8-15/h4-12,17H,13H2,1-3H3,(H,19,21)/t17-/m1/s1. The third-order valence-electron chi connectivity index (χ3n) is 3.58. The lowest BCUT2D eigenvalue weighted by Crippen LogP contribution is -2.34. The summed E-state index contributed by atoms with van der Waals surface area (Å²) in [4.78, 5) is 14.3. The van der Waals surface area contributed by atoms with Crippen molar-refractivity contribution in [2.75, 3.05) is 20.6 Å². The average molecular weight is 282 g/mol. The zero-order chi connectivity index (χ0) is 15.2. The number of carbonyl (C=O) groups excluding carboxylic acids is 1. The first-order valence-electron chi connectivity index (χ1n) is 7.14. The normalized spacial score (nSPS) is 12.2. The van der Waals surface area contributed by atoms with Gasteiger partial charge in [0, 0.05) is 12.1 Å². The molecule has 0 heterocycles. The first-order chi connectivity index (χ1) is 10.1. The van der Waals surface area contributed by atoms with Crippen LogP contribution in [0.3, 0.4) is 0 Å². The van der Waals surface area contributed by atoms with Crippen LogP contribution in [-0.4, -0.2) is 31.4 Å². The zero-order valence-electron chi connectivity index (χ0n) is 12.8. The molecule has 1 N–H and O–H groups in total. The third kappa shape index (κ3) is 4.17. The second-order valence-corrected chi connectivity index (χ2v) is 5.47. The summed E-state index contributed by atoms with van der Waals surface area (Å²) in [5.41, 5.74) is 3.06. The van der Waals surface area contributed by atoms with Gasteiger partial charge in [0.1, 0.15) is 0 Å². The van der Waals surface area contributed by atoms with E-state index in [1.54, 1.807) is 0 Å². The number of carbonyl (C=O) groups is 1. The average Bonchev–Trinajstić information content (AvgIpc) is 2.48. The first kappa shape index (κ1) is 15.3. The summed E-state index contributed by atoms with van der Waals surface area (Å²) in [7, 11) is 4.05.